The molecule has 1 aliphatic rings. The first-order valence-corrected chi connectivity index (χ1v) is 16.5. The summed E-state index contributed by atoms with van der Waals surface area (Å²) in [6, 6.07) is 13.5. The molecule has 0 saturated heterocycles. The molecule has 0 fully saturated rings. The van der Waals surface area contributed by atoms with E-state index in [1.54, 1.807) is 4.57 Å². The molecule has 10 nitrogen and oxygen atoms in total. The number of thiazole rings is 1. The highest BCUT2D eigenvalue weighted by Crippen LogP contribution is 2.46. The predicted octanol–water partition coefficient (Wildman–Crippen LogP) is 1.49. The molecule has 4 rings (SSSR count). The van der Waals surface area contributed by atoms with E-state index in [0.29, 0.717) is 30.6 Å². The zero-order valence-corrected chi connectivity index (χ0v) is 25.3. The van der Waals surface area contributed by atoms with Crippen LogP contribution in [0, 0.1) is 0 Å². The van der Waals surface area contributed by atoms with Crippen LogP contribution in [0.25, 0.3) is 11.1 Å². The Hall–Kier alpha value is -3.26. The first kappa shape index (κ1) is 30.7. The average molecular weight is 617 g/mol. The number of imide groups is 1. The maximum Gasteiger partial charge on any atom is 0.271 e. The Balaban J connectivity index is 1.67. The van der Waals surface area contributed by atoms with E-state index >= 15 is 0 Å². The van der Waals surface area contributed by atoms with Crippen LogP contribution in [0.15, 0.2) is 58.4 Å². The van der Waals surface area contributed by atoms with Gasteiger partial charge in [0.1, 0.15) is 20.8 Å². The average Bonchev–Trinajstić information content (AvgIpc) is 3.43. The highest BCUT2D eigenvalue weighted by molar-refractivity contribution is 8.08. The van der Waals surface area contributed by atoms with Crippen LogP contribution in [0.3, 0.4) is 0 Å². The van der Waals surface area contributed by atoms with Gasteiger partial charge in [-0.3, -0.25) is 24.3 Å². The largest absolute Gasteiger partial charge is 0.748 e. The Morgan fingerprint density at radius 1 is 1.10 bits per heavy atom. The van der Waals surface area contributed by atoms with Crippen LogP contribution < -0.4 is 29.5 Å². The fourth-order valence-corrected chi connectivity index (χ4v) is 7.53. The Bertz CT molecular complexity index is 1730. The number of benzene rings is 1. The third-order valence-electron chi connectivity index (χ3n) is 6.42. The number of para-hydroxylation sites is 1. The predicted molar refractivity (Wildman–Crippen MR) is 159 cm³/mol. The van der Waals surface area contributed by atoms with Gasteiger partial charge in [-0.25, -0.2) is 8.42 Å². The molecule has 3 heterocycles. The molecule has 0 aliphatic carbocycles. The van der Waals surface area contributed by atoms with Gasteiger partial charge in [0.15, 0.2) is 6.20 Å². The van der Waals surface area contributed by atoms with Crippen molar-refractivity contribution in [2.24, 2.45) is 0 Å². The molecule has 0 unspecified atom stereocenters. The van der Waals surface area contributed by atoms with Crippen LogP contribution in [0.2, 0.25) is 0 Å². The third kappa shape index (κ3) is 7.94. The minimum absolute atomic E-state index is 0.125. The quantitative estimate of drug-likeness (QED) is 0.195. The van der Waals surface area contributed by atoms with E-state index in [9.17, 15) is 27.4 Å². The van der Waals surface area contributed by atoms with Gasteiger partial charge in [-0.05, 0) is 38.0 Å². The van der Waals surface area contributed by atoms with Crippen molar-refractivity contribution in [2.45, 2.75) is 57.5 Å². The van der Waals surface area contributed by atoms with E-state index in [0.717, 1.165) is 32.4 Å². The van der Waals surface area contributed by atoms with Gasteiger partial charge in [0.2, 0.25) is 17.5 Å². The number of anilines is 1. The van der Waals surface area contributed by atoms with E-state index < -0.39 is 15.9 Å². The van der Waals surface area contributed by atoms with Gasteiger partial charge < -0.3 is 9.45 Å². The molecule has 41 heavy (non-hydrogen) atoms. The number of fused-ring (bicyclic) bond motifs is 1. The summed E-state index contributed by atoms with van der Waals surface area (Å²) < 4.78 is 38.8. The second kappa shape index (κ2) is 13.6. The zero-order valence-electron chi connectivity index (χ0n) is 22.9. The topological polar surface area (TPSA) is 132 Å². The molecule has 2 amide bonds. The summed E-state index contributed by atoms with van der Waals surface area (Å²) in [6.07, 6.45) is 5.71. The number of nitrogens with zero attached hydrogens (tertiary/aromatic N) is 3. The van der Waals surface area contributed by atoms with Crippen LogP contribution in [0.1, 0.15) is 45.2 Å². The molecule has 3 aromatic rings. The summed E-state index contributed by atoms with van der Waals surface area (Å²) in [4.78, 5) is 39.3. The van der Waals surface area contributed by atoms with Crippen molar-refractivity contribution < 1.29 is 27.1 Å². The number of hydrogen-bond donors (Lipinski definition) is 1. The zero-order chi connectivity index (χ0) is 29.6. The monoisotopic (exact) mass is 616 g/mol. The van der Waals surface area contributed by atoms with E-state index in [2.05, 4.69) is 9.88 Å². The lowest BCUT2D eigenvalue weighted by Gasteiger charge is -2.20. The molecule has 0 atom stereocenters. The van der Waals surface area contributed by atoms with E-state index in [4.69, 9.17) is 0 Å². The van der Waals surface area contributed by atoms with Crippen LogP contribution in [-0.4, -0.2) is 41.6 Å². The minimum Gasteiger partial charge on any atom is -0.748 e. The number of aromatic nitrogens is 2. The van der Waals surface area contributed by atoms with Gasteiger partial charge in [0.25, 0.3) is 5.56 Å². The highest BCUT2D eigenvalue weighted by Gasteiger charge is 2.27. The second-order valence-electron chi connectivity index (χ2n) is 9.49. The number of carbonyl (C=O) groups is 2. The normalized spacial score (nSPS) is 14.8. The smallest absolute Gasteiger partial charge is 0.271 e. The molecule has 0 spiro atoms. The first-order valence-electron chi connectivity index (χ1n) is 13.3. The molecule has 0 radical (unpaired) electrons. The number of hydrogen-bond acceptors (Lipinski definition) is 9. The Kier molecular flexibility index (Phi) is 10.2. The van der Waals surface area contributed by atoms with Crippen molar-refractivity contribution in [1.29, 1.82) is 0 Å². The summed E-state index contributed by atoms with van der Waals surface area (Å²) in [5, 5.41) is 3.02. The number of pyridine rings is 1. The van der Waals surface area contributed by atoms with E-state index in [1.165, 1.54) is 30.0 Å². The fourth-order valence-electron chi connectivity index (χ4n) is 4.57. The Morgan fingerprint density at radius 3 is 2.59 bits per heavy atom. The highest BCUT2D eigenvalue weighted by atomic mass is 32.2. The van der Waals surface area contributed by atoms with Crippen LogP contribution in [-0.2, 0) is 32.8 Å². The lowest BCUT2D eigenvalue weighted by atomic mass is 10.2. The van der Waals surface area contributed by atoms with Crippen molar-refractivity contribution in [1.82, 2.24) is 9.88 Å². The van der Waals surface area contributed by atoms with Gasteiger partial charge in [-0.2, -0.15) is 4.57 Å². The van der Waals surface area contributed by atoms with Crippen LogP contribution >= 0.6 is 23.1 Å². The summed E-state index contributed by atoms with van der Waals surface area (Å²) >= 11 is 2.85. The Labute approximate surface area is 246 Å². The molecule has 1 aromatic carbocycles. The van der Waals surface area contributed by atoms with Gasteiger partial charge in [-0.15, -0.1) is 11.3 Å². The van der Waals surface area contributed by atoms with Crippen LogP contribution in [0.4, 0.5) is 5.69 Å². The minimum atomic E-state index is -4.34. The van der Waals surface area contributed by atoms with E-state index in [-0.39, 0.29) is 30.2 Å². The molecule has 13 heteroatoms. The summed E-state index contributed by atoms with van der Waals surface area (Å²) in [7, 11) is -4.34. The molecule has 2 aromatic heterocycles. The summed E-state index contributed by atoms with van der Waals surface area (Å²) in [5.74, 6) is -1.12. The number of aryl methyl sites for hydroxylation is 1. The molecule has 0 saturated carbocycles. The van der Waals surface area contributed by atoms with Crippen molar-refractivity contribution >= 4 is 61.8 Å². The SMILES string of the molecule is CCn1c(=O)/c(=C2/Sc3ccccc3N2CCCS(=O)(=O)[O-])s/c1=C/c1cccc[n+]1CCCCC(=O)NC(C)=O. The number of amides is 2. The summed E-state index contributed by atoms with van der Waals surface area (Å²) in [5.41, 5.74) is 1.66. The van der Waals surface area contributed by atoms with Gasteiger partial charge in [-0.1, -0.05) is 23.9 Å². The Morgan fingerprint density at radius 2 is 1.85 bits per heavy atom. The molecular weight excluding hydrogens is 585 g/mol. The summed E-state index contributed by atoms with van der Waals surface area (Å²) in [6.45, 7) is 4.66. The van der Waals surface area contributed by atoms with Crippen LogP contribution in [0.5, 0.6) is 0 Å². The lowest BCUT2D eigenvalue weighted by Crippen LogP contribution is -2.38. The molecule has 1 N–H and O–H groups in total. The lowest BCUT2D eigenvalue weighted by molar-refractivity contribution is -0.699. The second-order valence-corrected chi connectivity index (χ2v) is 13.1. The number of nitrogens with one attached hydrogen (secondary N) is 1. The molecular formula is C28H32N4O6S3. The first-order chi connectivity index (χ1) is 19.6. The van der Waals surface area contributed by atoms with Gasteiger partial charge in [0.05, 0.1) is 15.8 Å². The number of thioether (sulfide) groups is 1. The maximum atomic E-state index is 13.6. The fraction of sp³-hybridized carbons (Fsp3) is 0.357. The van der Waals surface area contributed by atoms with Crippen molar-refractivity contribution in [3.05, 3.63) is 73.9 Å². The number of unbranched alkanes of at least 4 members (excludes halogenated alkanes) is 1. The van der Waals surface area contributed by atoms with Gasteiger partial charge in [0, 0.05) is 61.7 Å². The van der Waals surface area contributed by atoms with Crippen molar-refractivity contribution in [2.75, 3.05) is 17.2 Å². The maximum absolute atomic E-state index is 13.6. The van der Waals surface area contributed by atoms with Crippen molar-refractivity contribution in [3.63, 3.8) is 0 Å². The molecule has 218 valence electrons. The number of carbonyl (C=O) groups excluding carboxylic acids is 2. The van der Waals surface area contributed by atoms with E-state index in [1.807, 2.05) is 66.6 Å². The third-order valence-corrected chi connectivity index (χ3v) is 9.64. The van der Waals surface area contributed by atoms with Gasteiger partial charge >= 0.3 is 0 Å². The number of rotatable bonds is 11. The standard InChI is InChI=1S/C28H32N4O6S3/c1-3-31-25(19-21-11-6-8-15-30(21)16-9-7-14-24(34)29-20(2)33)40-26(27(31)35)28-32(17-10-18-41(36,37)38)22-12-4-5-13-23(22)39-28/h4-6,8,11-13,15,19H,3,7,9-10,14,16-18H2,1-2H3,(H-,29,33,34,36,37,38)/b28-26-. The molecule has 0 bridgehead atoms. The molecule has 1 aliphatic heterocycles. The van der Waals surface area contributed by atoms with Crippen molar-refractivity contribution in [3.8, 4) is 0 Å².